The number of nitrogens with two attached hydrogens (primary N) is 1. The lowest BCUT2D eigenvalue weighted by Crippen LogP contribution is -2.17. The van der Waals surface area contributed by atoms with Crippen LogP contribution >= 0.6 is 0 Å². The van der Waals surface area contributed by atoms with E-state index in [0.29, 0.717) is 22.7 Å². The van der Waals surface area contributed by atoms with Crippen molar-refractivity contribution in [2.24, 2.45) is 11.7 Å². The molecule has 0 aliphatic carbocycles. The zero-order valence-electron chi connectivity index (χ0n) is 19.5. The van der Waals surface area contributed by atoms with E-state index >= 15 is 0 Å². The third kappa shape index (κ3) is 5.65. The predicted molar refractivity (Wildman–Crippen MR) is 128 cm³/mol. The van der Waals surface area contributed by atoms with E-state index < -0.39 is 11.9 Å². The highest BCUT2D eigenvalue weighted by molar-refractivity contribution is 5.99. The van der Waals surface area contributed by atoms with Crippen LogP contribution in [0.15, 0.2) is 48.5 Å². The second kappa shape index (κ2) is 10.4. The Morgan fingerprint density at radius 3 is 2.39 bits per heavy atom. The molecule has 0 atom stereocenters. The van der Waals surface area contributed by atoms with Crippen LogP contribution in [0.4, 0.5) is 0 Å². The lowest BCUT2D eigenvalue weighted by molar-refractivity contribution is 0.0472. The second-order valence-corrected chi connectivity index (χ2v) is 8.62. The number of carboxylic acids is 1. The van der Waals surface area contributed by atoms with Crippen LogP contribution in [0, 0.1) is 19.8 Å². The maximum Gasteiger partial charge on any atom is 0.340 e. The van der Waals surface area contributed by atoms with Crippen LogP contribution in [0.25, 0.3) is 11.1 Å². The molecule has 3 N–H and O–H groups in total. The molecular formula is C27H30N2O4. The number of esters is 1. The summed E-state index contributed by atoms with van der Waals surface area (Å²) in [5.41, 5.74) is 12.4. The van der Waals surface area contributed by atoms with Gasteiger partial charge in [0.05, 0.1) is 16.8 Å². The molecule has 33 heavy (non-hydrogen) atoms. The number of ether oxygens (including phenoxy) is 1. The van der Waals surface area contributed by atoms with E-state index in [4.69, 9.17) is 15.5 Å². The van der Waals surface area contributed by atoms with Gasteiger partial charge in [-0.2, -0.15) is 0 Å². The molecule has 172 valence electrons. The Labute approximate surface area is 194 Å². The van der Waals surface area contributed by atoms with Crippen molar-refractivity contribution < 1.29 is 19.4 Å². The van der Waals surface area contributed by atoms with E-state index in [1.54, 1.807) is 12.1 Å². The van der Waals surface area contributed by atoms with Crippen LogP contribution in [0.3, 0.4) is 0 Å². The summed E-state index contributed by atoms with van der Waals surface area (Å²) in [6.45, 7) is 8.27. The van der Waals surface area contributed by atoms with Gasteiger partial charge in [0.25, 0.3) is 0 Å². The number of hydrogen-bond donors (Lipinski definition) is 2. The Balaban J connectivity index is 2.05. The molecule has 3 aromatic rings. The highest BCUT2D eigenvalue weighted by Gasteiger charge is 2.24. The second-order valence-electron chi connectivity index (χ2n) is 8.62. The number of aryl methyl sites for hydroxylation is 2. The number of carboxylic acid groups (broad SMARTS) is 1. The van der Waals surface area contributed by atoms with Gasteiger partial charge in [-0.05, 0) is 55.0 Å². The maximum absolute atomic E-state index is 13.3. The molecule has 0 saturated carbocycles. The largest absolute Gasteiger partial charge is 0.478 e. The first-order valence-electron chi connectivity index (χ1n) is 11.0. The van der Waals surface area contributed by atoms with Gasteiger partial charge in [0, 0.05) is 17.8 Å². The minimum absolute atomic E-state index is 0.0432. The molecule has 0 bridgehead atoms. The van der Waals surface area contributed by atoms with Gasteiger partial charge in [-0.25, -0.2) is 9.59 Å². The third-order valence-corrected chi connectivity index (χ3v) is 5.46. The monoisotopic (exact) mass is 446 g/mol. The summed E-state index contributed by atoms with van der Waals surface area (Å²) in [4.78, 5) is 29.3. The summed E-state index contributed by atoms with van der Waals surface area (Å²) in [5, 5.41) is 9.20. The van der Waals surface area contributed by atoms with Crippen LogP contribution in [-0.4, -0.2) is 22.0 Å². The molecule has 0 fully saturated rings. The van der Waals surface area contributed by atoms with Gasteiger partial charge < -0.3 is 15.6 Å². The molecule has 2 aromatic carbocycles. The van der Waals surface area contributed by atoms with Gasteiger partial charge in [0.2, 0.25) is 0 Å². The SMILES string of the molecule is Cc1ccc(-c2c(CN)c(CC(C)C)nc(C)c2C(=O)OCc2cccc(C(=O)O)c2)cc1. The standard InChI is InChI=1S/C27H30N2O4/c1-16(2)12-23-22(14-28)25(20-10-8-17(3)9-11-20)24(18(4)29-23)27(32)33-15-19-6-5-7-21(13-19)26(30)31/h5-11,13,16H,12,14-15,28H2,1-4H3,(H,30,31). The molecule has 6 heteroatoms. The maximum atomic E-state index is 13.3. The Morgan fingerprint density at radius 2 is 1.79 bits per heavy atom. The van der Waals surface area contributed by atoms with Crippen molar-refractivity contribution in [1.29, 1.82) is 0 Å². The first kappa shape index (κ1) is 24.1. The van der Waals surface area contributed by atoms with Crippen LogP contribution in [0.1, 0.15) is 62.6 Å². The Morgan fingerprint density at radius 1 is 1.09 bits per heavy atom. The van der Waals surface area contributed by atoms with Crippen molar-refractivity contribution in [3.05, 3.63) is 87.7 Å². The summed E-state index contributed by atoms with van der Waals surface area (Å²) >= 11 is 0. The van der Waals surface area contributed by atoms with Crippen molar-refractivity contribution in [3.8, 4) is 11.1 Å². The Kier molecular flexibility index (Phi) is 7.61. The zero-order chi connectivity index (χ0) is 24.1. The van der Waals surface area contributed by atoms with Gasteiger partial charge in [0.1, 0.15) is 6.61 Å². The number of aromatic nitrogens is 1. The lowest BCUT2D eigenvalue weighted by atomic mass is 9.90. The van der Waals surface area contributed by atoms with Crippen LogP contribution < -0.4 is 5.73 Å². The van der Waals surface area contributed by atoms with Crippen LogP contribution in [0.5, 0.6) is 0 Å². The summed E-state index contributed by atoms with van der Waals surface area (Å²) in [7, 11) is 0. The Bertz CT molecular complexity index is 1170. The van der Waals surface area contributed by atoms with Gasteiger partial charge in [0.15, 0.2) is 0 Å². The number of benzene rings is 2. The Hall–Kier alpha value is -3.51. The first-order chi connectivity index (χ1) is 15.7. The fourth-order valence-corrected chi connectivity index (χ4v) is 3.88. The zero-order valence-corrected chi connectivity index (χ0v) is 19.5. The average Bonchev–Trinajstić information content (AvgIpc) is 2.77. The van der Waals surface area contributed by atoms with Crippen molar-refractivity contribution >= 4 is 11.9 Å². The summed E-state index contributed by atoms with van der Waals surface area (Å²) in [6.07, 6.45) is 0.754. The number of pyridine rings is 1. The lowest BCUT2D eigenvalue weighted by Gasteiger charge is -2.20. The fraction of sp³-hybridized carbons (Fsp3) is 0.296. The minimum Gasteiger partial charge on any atom is -0.478 e. The van der Waals surface area contributed by atoms with Gasteiger partial charge in [-0.1, -0.05) is 55.8 Å². The molecule has 0 aliphatic rings. The molecular weight excluding hydrogens is 416 g/mol. The number of carbonyl (C=O) groups excluding carboxylic acids is 1. The molecule has 0 amide bonds. The minimum atomic E-state index is -1.03. The van der Waals surface area contributed by atoms with Gasteiger partial charge in [-0.15, -0.1) is 0 Å². The molecule has 0 aliphatic heterocycles. The molecule has 1 aromatic heterocycles. The normalized spacial score (nSPS) is 11.0. The molecule has 1 heterocycles. The van der Waals surface area contributed by atoms with E-state index in [1.165, 1.54) is 12.1 Å². The number of nitrogens with zero attached hydrogens (tertiary/aromatic N) is 1. The fourth-order valence-electron chi connectivity index (χ4n) is 3.88. The molecule has 0 radical (unpaired) electrons. The first-order valence-corrected chi connectivity index (χ1v) is 11.0. The van der Waals surface area contributed by atoms with Crippen molar-refractivity contribution in [3.63, 3.8) is 0 Å². The summed E-state index contributed by atoms with van der Waals surface area (Å²) in [5.74, 6) is -1.16. The van der Waals surface area contributed by atoms with Gasteiger partial charge >= 0.3 is 11.9 Å². The van der Waals surface area contributed by atoms with Crippen LogP contribution in [-0.2, 0) is 24.3 Å². The quantitative estimate of drug-likeness (QED) is 0.468. The number of aromatic carboxylic acids is 1. The molecule has 0 unspecified atom stereocenters. The predicted octanol–water partition coefficient (Wildman–Crippen LogP) is 5.08. The van der Waals surface area contributed by atoms with Gasteiger partial charge in [-0.3, -0.25) is 4.98 Å². The van der Waals surface area contributed by atoms with E-state index in [2.05, 4.69) is 13.8 Å². The molecule has 0 spiro atoms. The molecule has 0 saturated heterocycles. The van der Waals surface area contributed by atoms with Crippen molar-refractivity contribution in [2.45, 2.75) is 47.3 Å². The van der Waals surface area contributed by atoms with Crippen molar-refractivity contribution in [2.75, 3.05) is 0 Å². The number of rotatable bonds is 8. The topological polar surface area (TPSA) is 103 Å². The molecule has 6 nitrogen and oxygen atoms in total. The van der Waals surface area contributed by atoms with E-state index in [-0.39, 0.29) is 18.7 Å². The number of carbonyl (C=O) groups is 2. The highest BCUT2D eigenvalue weighted by Crippen LogP contribution is 2.33. The van der Waals surface area contributed by atoms with Crippen molar-refractivity contribution in [1.82, 2.24) is 4.98 Å². The molecule has 3 rings (SSSR count). The average molecular weight is 447 g/mol. The van der Waals surface area contributed by atoms with E-state index in [9.17, 15) is 14.7 Å². The highest BCUT2D eigenvalue weighted by atomic mass is 16.5. The smallest absolute Gasteiger partial charge is 0.340 e. The van der Waals surface area contributed by atoms with E-state index in [1.807, 2.05) is 38.1 Å². The number of hydrogen-bond acceptors (Lipinski definition) is 5. The van der Waals surface area contributed by atoms with Crippen LogP contribution in [0.2, 0.25) is 0 Å². The van der Waals surface area contributed by atoms with E-state index in [0.717, 1.165) is 34.4 Å². The summed E-state index contributed by atoms with van der Waals surface area (Å²) in [6, 6.07) is 14.3. The summed E-state index contributed by atoms with van der Waals surface area (Å²) < 4.78 is 5.62. The third-order valence-electron chi connectivity index (χ3n) is 5.46.